The number of anilines is 1. The van der Waals surface area contributed by atoms with Gasteiger partial charge in [0.05, 0.1) is 21.7 Å². The van der Waals surface area contributed by atoms with Crippen LogP contribution in [-0.2, 0) is 14.8 Å². The van der Waals surface area contributed by atoms with Gasteiger partial charge in [0.2, 0.25) is 10.0 Å². The minimum absolute atomic E-state index is 0.125. The van der Waals surface area contributed by atoms with Crippen LogP contribution in [0, 0.1) is 13.8 Å². The fourth-order valence-corrected chi connectivity index (χ4v) is 7.96. The van der Waals surface area contributed by atoms with E-state index in [1.165, 1.54) is 49.3 Å². The van der Waals surface area contributed by atoms with Crippen LogP contribution in [0.1, 0.15) is 28.4 Å². The van der Waals surface area contributed by atoms with Crippen molar-refractivity contribution in [3.05, 3.63) is 53.1 Å². The molecule has 0 radical (unpaired) electrons. The van der Waals surface area contributed by atoms with Crippen molar-refractivity contribution in [2.75, 3.05) is 77.0 Å². The van der Waals surface area contributed by atoms with Crippen molar-refractivity contribution in [3.8, 4) is 0 Å². The van der Waals surface area contributed by atoms with Gasteiger partial charge in [-0.05, 0) is 62.2 Å². The lowest BCUT2D eigenvalue weighted by Crippen LogP contribution is -2.50. The molecule has 5 rings (SSSR count). The van der Waals surface area contributed by atoms with Gasteiger partial charge in [0.25, 0.3) is 5.91 Å². The largest absolute Gasteiger partial charge is 0.450 e. The average Bonchev–Trinajstić information content (AvgIpc) is 3.42. The number of carbonyl (C=O) groups is 2. The molecule has 2 amide bonds. The van der Waals surface area contributed by atoms with Gasteiger partial charge >= 0.3 is 6.09 Å². The summed E-state index contributed by atoms with van der Waals surface area (Å²) in [5.74, 6) is -0.235. The minimum atomic E-state index is -3.73. The number of nitrogens with one attached hydrogen (secondary N) is 1. The van der Waals surface area contributed by atoms with Crippen molar-refractivity contribution in [2.24, 2.45) is 0 Å². The van der Waals surface area contributed by atoms with Gasteiger partial charge in [-0.3, -0.25) is 9.69 Å². The Hall–Kier alpha value is -3.26. The molecule has 3 heterocycles. The molecule has 0 bridgehead atoms. The van der Waals surface area contributed by atoms with Crippen LogP contribution < -0.4 is 10.2 Å². The molecule has 2 fully saturated rings. The molecule has 1 aromatic heterocycles. The van der Waals surface area contributed by atoms with E-state index in [4.69, 9.17) is 9.72 Å². The lowest BCUT2D eigenvalue weighted by molar-refractivity contribution is 0.0932. The second kappa shape index (κ2) is 12.9. The Morgan fingerprint density at radius 1 is 0.976 bits per heavy atom. The lowest BCUT2D eigenvalue weighted by Gasteiger charge is -2.34. The van der Waals surface area contributed by atoms with Gasteiger partial charge < -0.3 is 19.9 Å². The van der Waals surface area contributed by atoms with Crippen molar-refractivity contribution < 1.29 is 22.7 Å². The Labute approximate surface area is 251 Å². The average molecular weight is 615 g/mol. The predicted molar refractivity (Wildman–Crippen MR) is 164 cm³/mol. The Balaban J connectivity index is 1.07. The monoisotopic (exact) mass is 614 g/mol. The number of amides is 2. The summed E-state index contributed by atoms with van der Waals surface area (Å²) < 4.78 is 33.7. The zero-order chi connectivity index (χ0) is 29.9. The van der Waals surface area contributed by atoms with E-state index in [0.717, 1.165) is 43.4 Å². The fourth-order valence-electron chi connectivity index (χ4n) is 5.34. The molecule has 1 N–H and O–H groups in total. The van der Waals surface area contributed by atoms with Crippen LogP contribution in [0.5, 0.6) is 0 Å². The lowest BCUT2D eigenvalue weighted by atomic mass is 10.1. The number of hydrogen-bond acceptors (Lipinski definition) is 9. The summed E-state index contributed by atoms with van der Waals surface area (Å²) >= 11 is 1.75. The Kier molecular flexibility index (Phi) is 9.31. The topological polar surface area (TPSA) is 115 Å². The van der Waals surface area contributed by atoms with Gasteiger partial charge in [0.15, 0.2) is 5.13 Å². The molecule has 0 atom stereocenters. The zero-order valence-corrected chi connectivity index (χ0v) is 26.0. The van der Waals surface area contributed by atoms with Crippen LogP contribution in [0.3, 0.4) is 0 Å². The summed E-state index contributed by atoms with van der Waals surface area (Å²) in [5, 5.41) is 4.02. The molecular formula is C29H38N6O5S2. The molecule has 0 aliphatic carbocycles. The van der Waals surface area contributed by atoms with E-state index in [1.807, 2.05) is 0 Å². The van der Waals surface area contributed by atoms with Crippen LogP contribution in [-0.4, -0.2) is 112 Å². The molecule has 2 aliphatic rings. The van der Waals surface area contributed by atoms with Crippen LogP contribution >= 0.6 is 11.3 Å². The summed E-state index contributed by atoms with van der Waals surface area (Å²) in [6, 6.07) is 10.4. The molecule has 0 unspecified atom stereocenters. The number of thiazole rings is 1. The number of ether oxygens (including phenoxy) is 1. The SMILES string of the molecule is CCOC(=O)N1CCN(S(=O)(=O)c2ccc(C(=O)NCCN3CCN(c4nc5c(C)cc(C)cc5s4)CC3)cc2)CC1. The first-order chi connectivity index (χ1) is 20.2. The molecule has 2 aliphatic heterocycles. The maximum absolute atomic E-state index is 13.1. The van der Waals surface area contributed by atoms with E-state index in [1.54, 1.807) is 18.3 Å². The standard InChI is InChI=1S/C29H38N6O5S2/c1-4-40-29(37)34-15-17-35(18-16-34)42(38,39)24-7-5-23(6-8-24)27(36)30-9-10-32-11-13-33(14-12-32)28-31-26-22(3)19-21(2)20-25(26)41-28/h5-8,19-20H,4,9-18H2,1-3H3,(H,30,36). The highest BCUT2D eigenvalue weighted by Gasteiger charge is 2.30. The quantitative estimate of drug-likeness (QED) is 0.412. The number of piperazine rings is 2. The van der Waals surface area contributed by atoms with Crippen LogP contribution in [0.25, 0.3) is 10.2 Å². The summed E-state index contributed by atoms with van der Waals surface area (Å²) in [6.45, 7) is 12.0. The number of aromatic nitrogens is 1. The Morgan fingerprint density at radius 2 is 1.67 bits per heavy atom. The first-order valence-corrected chi connectivity index (χ1v) is 16.6. The Bertz CT molecular complexity index is 1530. The highest BCUT2D eigenvalue weighted by atomic mass is 32.2. The summed E-state index contributed by atoms with van der Waals surface area (Å²) in [6.07, 6.45) is -0.429. The fraction of sp³-hybridized carbons (Fsp3) is 0.483. The van der Waals surface area contributed by atoms with Gasteiger partial charge in [-0.15, -0.1) is 0 Å². The summed E-state index contributed by atoms with van der Waals surface area (Å²) in [5.41, 5.74) is 3.97. The van der Waals surface area contributed by atoms with Crippen LogP contribution in [0.2, 0.25) is 0 Å². The van der Waals surface area contributed by atoms with Gasteiger partial charge in [-0.2, -0.15) is 4.31 Å². The van der Waals surface area contributed by atoms with Crippen molar-refractivity contribution in [2.45, 2.75) is 25.7 Å². The van der Waals surface area contributed by atoms with E-state index in [2.05, 4.69) is 41.1 Å². The van der Waals surface area contributed by atoms with Crippen molar-refractivity contribution >= 4 is 48.7 Å². The molecule has 2 aromatic carbocycles. The second-order valence-electron chi connectivity index (χ2n) is 10.6. The number of sulfonamides is 1. The molecule has 13 heteroatoms. The number of rotatable bonds is 8. The third-order valence-corrected chi connectivity index (χ3v) is 10.7. The number of benzene rings is 2. The van der Waals surface area contributed by atoms with Crippen LogP contribution in [0.15, 0.2) is 41.3 Å². The number of nitrogens with zero attached hydrogens (tertiary/aromatic N) is 5. The third-order valence-electron chi connectivity index (χ3n) is 7.69. The van der Waals surface area contributed by atoms with E-state index >= 15 is 0 Å². The summed E-state index contributed by atoms with van der Waals surface area (Å²) in [4.78, 5) is 35.8. The molecule has 2 saturated heterocycles. The number of aryl methyl sites for hydroxylation is 2. The number of fused-ring (bicyclic) bond motifs is 1. The smallest absolute Gasteiger partial charge is 0.409 e. The van der Waals surface area contributed by atoms with Crippen molar-refractivity contribution in [1.29, 1.82) is 0 Å². The maximum Gasteiger partial charge on any atom is 0.409 e. The highest BCUT2D eigenvalue weighted by Crippen LogP contribution is 2.32. The Morgan fingerprint density at radius 3 is 2.33 bits per heavy atom. The first-order valence-electron chi connectivity index (χ1n) is 14.3. The maximum atomic E-state index is 13.1. The zero-order valence-electron chi connectivity index (χ0n) is 24.3. The second-order valence-corrected chi connectivity index (χ2v) is 13.6. The van der Waals surface area contributed by atoms with E-state index in [9.17, 15) is 18.0 Å². The third kappa shape index (κ3) is 6.69. The molecule has 11 nitrogen and oxygen atoms in total. The highest BCUT2D eigenvalue weighted by molar-refractivity contribution is 7.89. The molecule has 0 spiro atoms. The van der Waals surface area contributed by atoms with Crippen molar-refractivity contribution in [1.82, 2.24) is 24.4 Å². The number of carbonyl (C=O) groups excluding carboxylic acids is 2. The predicted octanol–water partition coefficient (Wildman–Crippen LogP) is 2.93. The van der Waals surface area contributed by atoms with Gasteiger partial charge in [-0.25, -0.2) is 18.2 Å². The van der Waals surface area contributed by atoms with E-state index in [-0.39, 0.29) is 43.6 Å². The molecule has 3 aromatic rings. The molecule has 226 valence electrons. The van der Waals surface area contributed by atoms with Gasteiger partial charge in [0, 0.05) is 71.0 Å². The first kappa shape index (κ1) is 30.2. The number of hydrogen-bond donors (Lipinski definition) is 1. The molecule has 42 heavy (non-hydrogen) atoms. The van der Waals surface area contributed by atoms with E-state index < -0.39 is 16.1 Å². The normalized spacial score (nSPS) is 17.0. The van der Waals surface area contributed by atoms with Crippen LogP contribution in [0.4, 0.5) is 9.93 Å². The summed E-state index contributed by atoms with van der Waals surface area (Å²) in [7, 11) is -3.73. The van der Waals surface area contributed by atoms with Crippen molar-refractivity contribution in [3.63, 3.8) is 0 Å². The van der Waals surface area contributed by atoms with Gasteiger partial charge in [-0.1, -0.05) is 17.4 Å². The van der Waals surface area contributed by atoms with Gasteiger partial charge in [0.1, 0.15) is 0 Å². The molecular weight excluding hydrogens is 576 g/mol. The minimum Gasteiger partial charge on any atom is -0.450 e. The molecule has 0 saturated carbocycles. The van der Waals surface area contributed by atoms with E-state index in [0.29, 0.717) is 12.1 Å².